The van der Waals surface area contributed by atoms with Crippen LogP contribution in [0.15, 0.2) is 30.3 Å². The zero-order chi connectivity index (χ0) is 14.4. The van der Waals surface area contributed by atoms with Crippen LogP contribution < -0.4 is 5.32 Å². The van der Waals surface area contributed by atoms with Crippen molar-refractivity contribution in [2.24, 2.45) is 0 Å². The van der Waals surface area contributed by atoms with E-state index in [1.807, 2.05) is 35.2 Å². The van der Waals surface area contributed by atoms with E-state index >= 15 is 0 Å². The molecule has 110 valence electrons. The second-order valence-electron chi connectivity index (χ2n) is 5.66. The summed E-state index contributed by atoms with van der Waals surface area (Å²) in [5, 5.41) is 3.47. The maximum atomic E-state index is 12.1. The van der Waals surface area contributed by atoms with Crippen molar-refractivity contribution in [3.8, 4) is 0 Å². The molecule has 20 heavy (non-hydrogen) atoms. The van der Waals surface area contributed by atoms with Gasteiger partial charge in [-0.2, -0.15) is 0 Å². The monoisotopic (exact) mass is 276 g/mol. The molecule has 1 atom stereocenters. The van der Waals surface area contributed by atoms with Crippen LogP contribution in [0.3, 0.4) is 0 Å². The highest BCUT2D eigenvalue weighted by Gasteiger charge is 2.32. The average Bonchev–Trinajstić information content (AvgIpc) is 2.46. The van der Waals surface area contributed by atoms with E-state index in [9.17, 15) is 4.79 Å². The molecule has 1 N–H and O–H groups in total. The van der Waals surface area contributed by atoms with Crippen LogP contribution in [0.25, 0.3) is 0 Å². The van der Waals surface area contributed by atoms with E-state index in [2.05, 4.69) is 19.2 Å². The zero-order valence-electron chi connectivity index (χ0n) is 12.4. The maximum Gasteiger partial charge on any atom is 0.410 e. The highest BCUT2D eigenvalue weighted by atomic mass is 16.6. The molecule has 0 saturated carbocycles. The minimum atomic E-state index is -0.210. The highest BCUT2D eigenvalue weighted by molar-refractivity contribution is 5.68. The number of piperidine rings is 1. The third-order valence-corrected chi connectivity index (χ3v) is 3.76. The van der Waals surface area contributed by atoms with Gasteiger partial charge in [-0.05, 0) is 31.9 Å². The van der Waals surface area contributed by atoms with Gasteiger partial charge in [-0.25, -0.2) is 4.79 Å². The summed E-state index contributed by atoms with van der Waals surface area (Å²) in [6.07, 6.45) is 1.91. The molecule has 1 saturated heterocycles. The van der Waals surface area contributed by atoms with Gasteiger partial charge in [-0.3, -0.25) is 0 Å². The Morgan fingerprint density at radius 3 is 2.85 bits per heavy atom. The molecule has 1 aromatic carbocycles. The van der Waals surface area contributed by atoms with E-state index < -0.39 is 0 Å². The maximum absolute atomic E-state index is 12.1. The van der Waals surface area contributed by atoms with Crippen LogP contribution in [0, 0.1) is 0 Å². The van der Waals surface area contributed by atoms with E-state index in [1.54, 1.807) is 0 Å². The SMILES string of the molecule is CCN[C@]1(C)CCCN(C(=O)OCc2ccccc2)C1. The lowest BCUT2D eigenvalue weighted by Gasteiger charge is -2.40. The number of amides is 1. The molecule has 1 fully saturated rings. The fourth-order valence-corrected chi connectivity index (χ4v) is 2.78. The predicted octanol–water partition coefficient (Wildman–Crippen LogP) is 2.79. The highest BCUT2D eigenvalue weighted by Crippen LogP contribution is 2.21. The number of rotatable bonds is 4. The number of carbonyl (C=O) groups excluding carboxylic acids is 1. The average molecular weight is 276 g/mol. The van der Waals surface area contributed by atoms with Crippen LogP contribution in [-0.2, 0) is 11.3 Å². The van der Waals surface area contributed by atoms with Gasteiger partial charge in [0.25, 0.3) is 0 Å². The second-order valence-corrected chi connectivity index (χ2v) is 5.66. The Hall–Kier alpha value is -1.55. The molecule has 4 nitrogen and oxygen atoms in total. The Morgan fingerprint density at radius 2 is 2.15 bits per heavy atom. The van der Waals surface area contributed by atoms with Gasteiger partial charge in [-0.15, -0.1) is 0 Å². The van der Waals surface area contributed by atoms with Crippen LogP contribution in [-0.4, -0.2) is 36.2 Å². The van der Waals surface area contributed by atoms with Gasteiger partial charge in [0.15, 0.2) is 0 Å². The van der Waals surface area contributed by atoms with Crippen molar-refractivity contribution in [3.05, 3.63) is 35.9 Å². The molecular weight excluding hydrogens is 252 g/mol. The summed E-state index contributed by atoms with van der Waals surface area (Å²) in [6, 6.07) is 9.79. The molecule has 1 aliphatic rings. The number of likely N-dealkylation sites (N-methyl/N-ethyl adjacent to an activating group) is 1. The van der Waals surface area contributed by atoms with Crippen molar-refractivity contribution < 1.29 is 9.53 Å². The summed E-state index contributed by atoms with van der Waals surface area (Å²) in [4.78, 5) is 14.0. The lowest BCUT2D eigenvalue weighted by Crippen LogP contribution is -2.56. The van der Waals surface area contributed by atoms with E-state index in [-0.39, 0.29) is 11.6 Å². The van der Waals surface area contributed by atoms with Crippen molar-refractivity contribution in [3.63, 3.8) is 0 Å². The molecule has 0 bridgehead atoms. The van der Waals surface area contributed by atoms with Crippen LogP contribution in [0.1, 0.15) is 32.3 Å². The van der Waals surface area contributed by atoms with Gasteiger partial charge in [0.1, 0.15) is 6.61 Å². The fraction of sp³-hybridized carbons (Fsp3) is 0.562. The van der Waals surface area contributed by atoms with Gasteiger partial charge in [0, 0.05) is 18.6 Å². The van der Waals surface area contributed by atoms with Crippen molar-refractivity contribution in [2.75, 3.05) is 19.6 Å². The smallest absolute Gasteiger partial charge is 0.410 e. The van der Waals surface area contributed by atoms with Gasteiger partial charge in [0.05, 0.1) is 0 Å². The summed E-state index contributed by atoms with van der Waals surface area (Å²) in [5.41, 5.74) is 1.03. The fourth-order valence-electron chi connectivity index (χ4n) is 2.78. The standard InChI is InChI=1S/C16H24N2O2/c1-3-17-16(2)10-7-11-18(13-16)15(19)20-12-14-8-5-4-6-9-14/h4-6,8-9,17H,3,7,10-13H2,1-2H3/t16-/m1/s1. The predicted molar refractivity (Wildman–Crippen MR) is 79.5 cm³/mol. The molecule has 1 aromatic rings. The first-order valence-electron chi connectivity index (χ1n) is 7.33. The minimum absolute atomic E-state index is 0.0127. The molecule has 0 unspecified atom stereocenters. The van der Waals surface area contributed by atoms with Crippen molar-refractivity contribution in [1.29, 1.82) is 0 Å². The third kappa shape index (κ3) is 3.97. The van der Waals surface area contributed by atoms with E-state index in [1.165, 1.54) is 0 Å². The first-order chi connectivity index (χ1) is 9.63. The van der Waals surface area contributed by atoms with Crippen LogP contribution >= 0.6 is 0 Å². The zero-order valence-corrected chi connectivity index (χ0v) is 12.4. The molecule has 1 heterocycles. The lowest BCUT2D eigenvalue weighted by atomic mass is 9.91. The normalized spacial score (nSPS) is 22.6. The summed E-state index contributed by atoms with van der Waals surface area (Å²) in [5.74, 6) is 0. The summed E-state index contributed by atoms with van der Waals surface area (Å²) < 4.78 is 5.40. The third-order valence-electron chi connectivity index (χ3n) is 3.76. The number of nitrogens with one attached hydrogen (secondary N) is 1. The van der Waals surface area contributed by atoms with Gasteiger partial charge in [-0.1, -0.05) is 37.3 Å². The number of carbonyl (C=O) groups is 1. The topological polar surface area (TPSA) is 41.6 Å². The minimum Gasteiger partial charge on any atom is -0.445 e. The van der Waals surface area contributed by atoms with Crippen molar-refractivity contribution in [2.45, 2.75) is 38.8 Å². The quantitative estimate of drug-likeness (QED) is 0.919. The molecular formula is C16H24N2O2. The lowest BCUT2D eigenvalue weighted by molar-refractivity contribution is 0.0694. The van der Waals surface area contributed by atoms with E-state index in [4.69, 9.17) is 4.74 Å². The Morgan fingerprint density at radius 1 is 1.40 bits per heavy atom. The van der Waals surface area contributed by atoms with Gasteiger partial charge < -0.3 is 15.0 Å². The number of hydrogen-bond donors (Lipinski definition) is 1. The second kappa shape index (κ2) is 6.75. The number of likely N-dealkylation sites (tertiary alicyclic amines) is 1. The van der Waals surface area contributed by atoms with E-state index in [0.717, 1.165) is 31.5 Å². The summed E-state index contributed by atoms with van der Waals surface area (Å²) >= 11 is 0. The number of benzene rings is 1. The number of ether oxygens (including phenoxy) is 1. The molecule has 0 spiro atoms. The molecule has 2 rings (SSSR count). The number of hydrogen-bond acceptors (Lipinski definition) is 3. The summed E-state index contributed by atoms with van der Waals surface area (Å²) in [7, 11) is 0. The molecule has 4 heteroatoms. The molecule has 0 radical (unpaired) electrons. The molecule has 0 aromatic heterocycles. The van der Waals surface area contributed by atoms with Crippen molar-refractivity contribution >= 4 is 6.09 Å². The summed E-state index contributed by atoms with van der Waals surface area (Å²) in [6.45, 7) is 7.03. The molecule has 1 amide bonds. The Balaban J connectivity index is 1.86. The van der Waals surface area contributed by atoms with E-state index in [0.29, 0.717) is 13.2 Å². The Labute approximate surface area is 121 Å². The van der Waals surface area contributed by atoms with Crippen LogP contribution in [0.4, 0.5) is 4.79 Å². The number of nitrogens with zero attached hydrogens (tertiary/aromatic N) is 1. The molecule has 1 aliphatic heterocycles. The Kier molecular flexibility index (Phi) is 5.01. The molecule has 0 aliphatic carbocycles. The van der Waals surface area contributed by atoms with Crippen molar-refractivity contribution in [1.82, 2.24) is 10.2 Å². The van der Waals surface area contributed by atoms with Gasteiger partial charge >= 0.3 is 6.09 Å². The first kappa shape index (κ1) is 14.9. The van der Waals surface area contributed by atoms with Crippen LogP contribution in [0.5, 0.6) is 0 Å². The largest absolute Gasteiger partial charge is 0.445 e. The Bertz CT molecular complexity index is 431. The first-order valence-corrected chi connectivity index (χ1v) is 7.33. The van der Waals surface area contributed by atoms with Crippen LogP contribution in [0.2, 0.25) is 0 Å². The van der Waals surface area contributed by atoms with Gasteiger partial charge in [0.2, 0.25) is 0 Å².